The largest absolute Gasteiger partial charge is 0.480 e. The smallest absolute Gasteiger partial charge is 0.329 e. The van der Waals surface area contributed by atoms with Crippen molar-refractivity contribution in [1.82, 2.24) is 15.2 Å². The minimum atomic E-state index is -1.07. The molecule has 0 aliphatic rings. The van der Waals surface area contributed by atoms with E-state index in [2.05, 4.69) is 15.2 Å². The SMILES string of the molecule is CCc1nnc(N(C)C(C)(C)C(=O)O)nc1CC. The third-order valence-corrected chi connectivity index (χ3v) is 3.16. The molecule has 0 saturated heterocycles. The molecule has 0 fully saturated rings. The molecule has 6 nitrogen and oxygen atoms in total. The van der Waals surface area contributed by atoms with E-state index >= 15 is 0 Å². The van der Waals surface area contributed by atoms with Gasteiger partial charge in [-0.1, -0.05) is 13.8 Å². The lowest BCUT2D eigenvalue weighted by Crippen LogP contribution is -2.49. The van der Waals surface area contributed by atoms with E-state index in [0.29, 0.717) is 5.95 Å². The highest BCUT2D eigenvalue weighted by molar-refractivity contribution is 5.81. The van der Waals surface area contributed by atoms with Crippen LogP contribution < -0.4 is 4.90 Å². The van der Waals surface area contributed by atoms with Crippen LogP contribution >= 0.6 is 0 Å². The third kappa shape index (κ3) is 2.57. The maximum absolute atomic E-state index is 11.2. The second-order valence-electron chi connectivity index (χ2n) is 4.64. The van der Waals surface area contributed by atoms with E-state index in [-0.39, 0.29) is 0 Å². The Morgan fingerprint density at radius 2 is 1.78 bits per heavy atom. The summed E-state index contributed by atoms with van der Waals surface area (Å²) in [5.74, 6) is -0.581. The number of carboxylic acid groups (broad SMARTS) is 1. The molecule has 0 aromatic carbocycles. The highest BCUT2D eigenvalue weighted by Crippen LogP contribution is 2.19. The van der Waals surface area contributed by atoms with E-state index in [1.165, 1.54) is 4.90 Å². The predicted molar refractivity (Wildman–Crippen MR) is 68.7 cm³/mol. The van der Waals surface area contributed by atoms with Crippen LogP contribution in [-0.4, -0.2) is 38.8 Å². The number of anilines is 1. The number of nitrogens with zero attached hydrogens (tertiary/aromatic N) is 4. The molecule has 0 bridgehead atoms. The average Bonchev–Trinajstić information content (AvgIpc) is 2.36. The summed E-state index contributed by atoms with van der Waals surface area (Å²) in [6.07, 6.45) is 1.53. The van der Waals surface area contributed by atoms with Crippen molar-refractivity contribution in [3.05, 3.63) is 11.4 Å². The Balaban J connectivity index is 3.15. The Kier molecular flexibility index (Phi) is 4.21. The van der Waals surface area contributed by atoms with Gasteiger partial charge in [-0.3, -0.25) is 0 Å². The maximum atomic E-state index is 11.2. The van der Waals surface area contributed by atoms with E-state index in [1.54, 1.807) is 20.9 Å². The molecule has 1 heterocycles. The van der Waals surface area contributed by atoms with Gasteiger partial charge in [0.05, 0.1) is 11.4 Å². The molecule has 18 heavy (non-hydrogen) atoms. The van der Waals surface area contributed by atoms with Crippen LogP contribution in [0.4, 0.5) is 5.95 Å². The van der Waals surface area contributed by atoms with E-state index in [0.717, 1.165) is 24.2 Å². The Morgan fingerprint density at radius 3 is 2.22 bits per heavy atom. The van der Waals surface area contributed by atoms with Gasteiger partial charge in [-0.2, -0.15) is 5.10 Å². The predicted octanol–water partition coefficient (Wildman–Crippen LogP) is 1.30. The van der Waals surface area contributed by atoms with Gasteiger partial charge >= 0.3 is 5.97 Å². The maximum Gasteiger partial charge on any atom is 0.329 e. The fraction of sp³-hybridized carbons (Fsp3) is 0.667. The lowest BCUT2D eigenvalue weighted by molar-refractivity contribution is -0.142. The van der Waals surface area contributed by atoms with Gasteiger partial charge in [-0.25, -0.2) is 9.78 Å². The van der Waals surface area contributed by atoms with Gasteiger partial charge in [0.15, 0.2) is 0 Å². The molecule has 0 unspecified atom stereocenters. The summed E-state index contributed by atoms with van der Waals surface area (Å²) < 4.78 is 0. The van der Waals surface area contributed by atoms with Gasteiger partial charge in [0, 0.05) is 7.05 Å². The number of hydrogen-bond donors (Lipinski definition) is 1. The minimum Gasteiger partial charge on any atom is -0.480 e. The molecule has 6 heteroatoms. The molecule has 0 atom stereocenters. The Bertz CT molecular complexity index is 446. The number of carbonyl (C=O) groups is 1. The van der Waals surface area contributed by atoms with Crippen molar-refractivity contribution >= 4 is 11.9 Å². The first-order chi connectivity index (χ1) is 8.34. The zero-order valence-electron chi connectivity index (χ0n) is 11.6. The number of aryl methyl sites for hydroxylation is 2. The third-order valence-electron chi connectivity index (χ3n) is 3.16. The summed E-state index contributed by atoms with van der Waals surface area (Å²) in [6, 6.07) is 0. The molecular formula is C12H20N4O2. The number of aromatic nitrogens is 3. The van der Waals surface area contributed by atoms with Gasteiger partial charge < -0.3 is 10.0 Å². The van der Waals surface area contributed by atoms with Crippen LogP contribution in [0, 0.1) is 0 Å². The zero-order chi connectivity index (χ0) is 13.9. The standard InChI is InChI=1S/C12H20N4O2/c1-6-8-9(7-2)14-15-11(13-8)16(5)12(3,4)10(17)18/h6-7H2,1-5H3,(H,17,18). The van der Waals surface area contributed by atoms with Crippen molar-refractivity contribution in [2.24, 2.45) is 0 Å². The molecule has 0 aliphatic heterocycles. The van der Waals surface area contributed by atoms with Crippen LogP contribution in [0.5, 0.6) is 0 Å². The van der Waals surface area contributed by atoms with Crippen LogP contribution in [0.2, 0.25) is 0 Å². The molecule has 0 radical (unpaired) electrons. The van der Waals surface area contributed by atoms with Crippen LogP contribution in [-0.2, 0) is 17.6 Å². The summed E-state index contributed by atoms with van der Waals surface area (Å²) in [4.78, 5) is 17.1. The van der Waals surface area contributed by atoms with E-state index in [4.69, 9.17) is 0 Å². The van der Waals surface area contributed by atoms with Crippen LogP contribution in [0.3, 0.4) is 0 Å². The molecule has 0 spiro atoms. The zero-order valence-corrected chi connectivity index (χ0v) is 11.6. The van der Waals surface area contributed by atoms with Crippen LogP contribution in [0.25, 0.3) is 0 Å². The molecule has 1 rings (SSSR count). The van der Waals surface area contributed by atoms with Crippen LogP contribution in [0.15, 0.2) is 0 Å². The highest BCUT2D eigenvalue weighted by atomic mass is 16.4. The van der Waals surface area contributed by atoms with Gasteiger partial charge in [-0.15, -0.1) is 5.10 Å². The van der Waals surface area contributed by atoms with Gasteiger partial charge in [0.2, 0.25) is 5.95 Å². The summed E-state index contributed by atoms with van der Waals surface area (Å²) in [6.45, 7) is 7.21. The molecule has 1 N–H and O–H groups in total. The summed E-state index contributed by atoms with van der Waals surface area (Å²) >= 11 is 0. The van der Waals surface area contributed by atoms with Gasteiger partial charge in [-0.05, 0) is 26.7 Å². The monoisotopic (exact) mass is 252 g/mol. The van der Waals surface area contributed by atoms with Gasteiger partial charge in [0.25, 0.3) is 0 Å². The quantitative estimate of drug-likeness (QED) is 0.850. The summed E-state index contributed by atoms with van der Waals surface area (Å²) in [5, 5.41) is 17.3. The van der Waals surface area contributed by atoms with Crippen molar-refractivity contribution in [3.8, 4) is 0 Å². The Labute approximate surface area is 107 Å². The molecule has 0 aliphatic carbocycles. The molecule has 1 aromatic heterocycles. The number of carboxylic acids is 1. The molecule has 0 saturated carbocycles. The van der Waals surface area contributed by atoms with E-state index < -0.39 is 11.5 Å². The van der Waals surface area contributed by atoms with E-state index in [9.17, 15) is 9.90 Å². The topological polar surface area (TPSA) is 79.2 Å². The first kappa shape index (κ1) is 14.3. The van der Waals surface area contributed by atoms with Crippen molar-refractivity contribution in [1.29, 1.82) is 0 Å². The summed E-state index contributed by atoms with van der Waals surface area (Å²) in [5.41, 5.74) is 0.666. The lowest BCUT2D eigenvalue weighted by atomic mass is 10.1. The number of rotatable bonds is 5. The minimum absolute atomic E-state index is 0.344. The second kappa shape index (κ2) is 5.29. The Morgan fingerprint density at radius 1 is 1.22 bits per heavy atom. The van der Waals surface area contributed by atoms with Crippen LogP contribution in [0.1, 0.15) is 39.1 Å². The number of likely N-dealkylation sites (N-methyl/N-ethyl adjacent to an activating group) is 1. The van der Waals surface area contributed by atoms with Crippen molar-refractivity contribution in [2.75, 3.05) is 11.9 Å². The molecule has 1 aromatic rings. The fourth-order valence-electron chi connectivity index (χ4n) is 1.46. The first-order valence-electron chi connectivity index (χ1n) is 6.04. The molecule has 100 valence electrons. The van der Waals surface area contributed by atoms with Crippen molar-refractivity contribution in [2.45, 2.75) is 46.1 Å². The van der Waals surface area contributed by atoms with Crippen molar-refractivity contribution in [3.63, 3.8) is 0 Å². The van der Waals surface area contributed by atoms with Gasteiger partial charge in [0.1, 0.15) is 5.54 Å². The van der Waals surface area contributed by atoms with E-state index in [1.807, 2.05) is 13.8 Å². The first-order valence-corrected chi connectivity index (χ1v) is 6.04. The normalized spacial score (nSPS) is 11.4. The fourth-order valence-corrected chi connectivity index (χ4v) is 1.46. The number of hydrogen-bond acceptors (Lipinski definition) is 5. The van der Waals surface area contributed by atoms with Crippen molar-refractivity contribution < 1.29 is 9.90 Å². The highest BCUT2D eigenvalue weighted by Gasteiger charge is 2.34. The molecular weight excluding hydrogens is 232 g/mol. The molecule has 0 amide bonds. The number of aliphatic carboxylic acids is 1. The Hall–Kier alpha value is -1.72. The average molecular weight is 252 g/mol. The second-order valence-corrected chi connectivity index (χ2v) is 4.64. The lowest BCUT2D eigenvalue weighted by Gasteiger charge is -2.31. The summed E-state index contributed by atoms with van der Waals surface area (Å²) in [7, 11) is 1.66.